The molecule has 2 heteroatoms. The van der Waals surface area contributed by atoms with E-state index in [0.29, 0.717) is 0 Å². The van der Waals surface area contributed by atoms with Crippen LogP contribution in [0.3, 0.4) is 0 Å². The van der Waals surface area contributed by atoms with Gasteiger partial charge < -0.3 is 10.2 Å². The van der Waals surface area contributed by atoms with Crippen LogP contribution >= 0.6 is 0 Å². The summed E-state index contributed by atoms with van der Waals surface area (Å²) < 4.78 is 1.25. The Labute approximate surface area is 89.1 Å². The molecule has 1 rings (SSSR count). The van der Waals surface area contributed by atoms with Crippen molar-refractivity contribution in [2.75, 3.05) is 26.7 Å². The van der Waals surface area contributed by atoms with E-state index in [9.17, 15) is 0 Å². The van der Waals surface area contributed by atoms with Crippen molar-refractivity contribution in [3.63, 3.8) is 0 Å². The van der Waals surface area contributed by atoms with Gasteiger partial charge in [0.25, 0.3) is 0 Å². The minimum atomic E-state index is 0.00750. The first kappa shape index (κ1) is 12.0. The lowest BCUT2D eigenvalue weighted by molar-refractivity contribution is -0.909. The van der Waals surface area contributed by atoms with E-state index in [0.717, 1.165) is 6.42 Å². The van der Waals surface area contributed by atoms with Gasteiger partial charge in [-0.15, -0.1) is 0 Å². The van der Waals surface area contributed by atoms with Gasteiger partial charge in [0.05, 0.1) is 26.7 Å². The van der Waals surface area contributed by atoms with Crippen LogP contribution in [0.5, 0.6) is 0 Å². The number of quaternary nitrogens is 1. The van der Waals surface area contributed by atoms with Crippen molar-refractivity contribution in [1.82, 2.24) is 0 Å². The largest absolute Gasteiger partial charge is 0.326 e. The second-order valence-electron chi connectivity index (χ2n) is 5.94. The molecular formula is C12H27N2+. The first-order valence-corrected chi connectivity index (χ1v) is 6.04. The van der Waals surface area contributed by atoms with Crippen molar-refractivity contribution in [2.45, 2.75) is 51.5 Å². The summed E-state index contributed by atoms with van der Waals surface area (Å²) >= 11 is 0. The number of likely N-dealkylation sites (tertiary alicyclic amines) is 1. The molecule has 1 aliphatic heterocycles. The highest BCUT2D eigenvalue weighted by atomic mass is 15.3. The number of rotatable bonds is 3. The molecule has 0 unspecified atom stereocenters. The van der Waals surface area contributed by atoms with Crippen LogP contribution in [0.25, 0.3) is 0 Å². The summed E-state index contributed by atoms with van der Waals surface area (Å²) in [5.74, 6) is 0. The van der Waals surface area contributed by atoms with E-state index in [2.05, 4.69) is 20.9 Å². The maximum absolute atomic E-state index is 6.04. The summed E-state index contributed by atoms with van der Waals surface area (Å²) in [7, 11) is 2.40. The van der Waals surface area contributed by atoms with Crippen LogP contribution in [-0.4, -0.2) is 36.7 Å². The molecule has 2 nitrogen and oxygen atoms in total. The van der Waals surface area contributed by atoms with Gasteiger partial charge in [0.15, 0.2) is 0 Å². The normalized spacial score (nSPS) is 23.1. The molecule has 14 heavy (non-hydrogen) atoms. The van der Waals surface area contributed by atoms with Crippen molar-refractivity contribution in [3.8, 4) is 0 Å². The third kappa shape index (κ3) is 4.43. The van der Waals surface area contributed by atoms with Crippen LogP contribution in [-0.2, 0) is 0 Å². The minimum Gasteiger partial charge on any atom is -0.326 e. The third-order valence-corrected chi connectivity index (χ3v) is 3.44. The first-order valence-electron chi connectivity index (χ1n) is 6.04. The smallest absolute Gasteiger partial charge is 0.0802 e. The summed E-state index contributed by atoms with van der Waals surface area (Å²) in [6, 6.07) is 0. The second-order valence-corrected chi connectivity index (χ2v) is 5.94. The fraction of sp³-hybridized carbons (Fsp3) is 1.00. The van der Waals surface area contributed by atoms with Crippen LogP contribution < -0.4 is 5.73 Å². The molecule has 1 aliphatic rings. The van der Waals surface area contributed by atoms with Crippen LogP contribution in [0.4, 0.5) is 0 Å². The van der Waals surface area contributed by atoms with Gasteiger partial charge in [-0.25, -0.2) is 0 Å². The highest BCUT2D eigenvalue weighted by molar-refractivity contribution is 4.71. The van der Waals surface area contributed by atoms with Crippen molar-refractivity contribution >= 4 is 0 Å². The van der Waals surface area contributed by atoms with Gasteiger partial charge in [0.2, 0.25) is 0 Å². The van der Waals surface area contributed by atoms with Gasteiger partial charge in [-0.05, 0) is 39.5 Å². The molecule has 0 aromatic rings. The van der Waals surface area contributed by atoms with Crippen molar-refractivity contribution < 1.29 is 4.48 Å². The topological polar surface area (TPSA) is 26.0 Å². The average Bonchev–Trinajstić information content (AvgIpc) is 2.27. The van der Waals surface area contributed by atoms with Crippen molar-refractivity contribution in [2.24, 2.45) is 5.73 Å². The Bertz CT molecular complexity index is 162. The zero-order valence-corrected chi connectivity index (χ0v) is 10.2. The zero-order chi connectivity index (χ0) is 10.7. The monoisotopic (exact) mass is 199 g/mol. The lowest BCUT2D eigenvalue weighted by Crippen LogP contribution is -2.48. The molecule has 0 atom stereocenters. The number of nitrogens with zero attached hydrogens (tertiary/aromatic N) is 1. The highest BCUT2D eigenvalue weighted by Crippen LogP contribution is 2.18. The number of nitrogens with two attached hydrogens (primary N) is 1. The van der Waals surface area contributed by atoms with Crippen LogP contribution in [0.1, 0.15) is 46.0 Å². The van der Waals surface area contributed by atoms with Gasteiger partial charge >= 0.3 is 0 Å². The van der Waals surface area contributed by atoms with E-state index in [4.69, 9.17) is 5.73 Å². The molecule has 1 saturated heterocycles. The standard InChI is InChI=1S/C12H27N2/c1-12(2,13)8-11-14(3)9-6-4-5-7-10-14/h4-11,13H2,1-3H3/q+1. The van der Waals surface area contributed by atoms with E-state index < -0.39 is 0 Å². The Kier molecular flexibility index (Phi) is 3.96. The van der Waals surface area contributed by atoms with Gasteiger partial charge in [0, 0.05) is 12.0 Å². The van der Waals surface area contributed by atoms with E-state index in [-0.39, 0.29) is 5.54 Å². The molecule has 0 spiro atoms. The lowest BCUT2D eigenvalue weighted by atomic mass is 10.0. The quantitative estimate of drug-likeness (QED) is 0.692. The zero-order valence-electron chi connectivity index (χ0n) is 10.2. The maximum atomic E-state index is 6.04. The Morgan fingerprint density at radius 2 is 1.57 bits per heavy atom. The predicted molar refractivity (Wildman–Crippen MR) is 62.1 cm³/mol. The fourth-order valence-electron chi connectivity index (χ4n) is 2.23. The summed E-state index contributed by atoms with van der Waals surface area (Å²) in [5, 5.41) is 0. The first-order chi connectivity index (χ1) is 6.41. The summed E-state index contributed by atoms with van der Waals surface area (Å²) in [6.07, 6.45) is 6.81. The molecule has 0 aliphatic carbocycles. The second kappa shape index (κ2) is 4.63. The summed E-state index contributed by atoms with van der Waals surface area (Å²) in [4.78, 5) is 0. The molecule has 84 valence electrons. The molecule has 0 aromatic carbocycles. The third-order valence-electron chi connectivity index (χ3n) is 3.44. The molecular weight excluding hydrogens is 172 g/mol. The lowest BCUT2D eigenvalue weighted by Gasteiger charge is -2.35. The van der Waals surface area contributed by atoms with Crippen LogP contribution in [0, 0.1) is 0 Å². The van der Waals surface area contributed by atoms with E-state index in [1.807, 2.05) is 0 Å². The Hall–Kier alpha value is -0.0800. The molecule has 0 saturated carbocycles. The molecule has 1 heterocycles. The molecule has 0 aromatic heterocycles. The minimum absolute atomic E-state index is 0.00750. The molecule has 2 N–H and O–H groups in total. The van der Waals surface area contributed by atoms with Gasteiger partial charge in [-0.3, -0.25) is 0 Å². The van der Waals surface area contributed by atoms with Gasteiger partial charge in [-0.2, -0.15) is 0 Å². The summed E-state index contributed by atoms with van der Waals surface area (Å²) in [6.45, 7) is 8.24. The molecule has 0 radical (unpaired) electrons. The van der Waals surface area contributed by atoms with Gasteiger partial charge in [-0.1, -0.05) is 0 Å². The molecule has 0 amide bonds. The highest BCUT2D eigenvalue weighted by Gasteiger charge is 2.25. The molecule has 0 bridgehead atoms. The maximum Gasteiger partial charge on any atom is 0.0802 e. The Balaban J connectivity index is 2.39. The number of hydrogen-bond acceptors (Lipinski definition) is 1. The van der Waals surface area contributed by atoms with Crippen molar-refractivity contribution in [3.05, 3.63) is 0 Å². The van der Waals surface area contributed by atoms with Crippen LogP contribution in [0.15, 0.2) is 0 Å². The number of hydrogen-bond donors (Lipinski definition) is 1. The van der Waals surface area contributed by atoms with E-state index in [1.165, 1.54) is 49.8 Å². The van der Waals surface area contributed by atoms with E-state index >= 15 is 0 Å². The Morgan fingerprint density at radius 1 is 1.07 bits per heavy atom. The fourth-order valence-corrected chi connectivity index (χ4v) is 2.23. The average molecular weight is 199 g/mol. The van der Waals surface area contributed by atoms with E-state index in [1.54, 1.807) is 0 Å². The van der Waals surface area contributed by atoms with Crippen molar-refractivity contribution in [1.29, 1.82) is 0 Å². The predicted octanol–water partition coefficient (Wildman–Crippen LogP) is 2.13. The van der Waals surface area contributed by atoms with Crippen LogP contribution in [0.2, 0.25) is 0 Å². The SMILES string of the molecule is CC(C)(N)CC[N+]1(C)CCCCCC1. The Morgan fingerprint density at radius 3 is 2.00 bits per heavy atom. The summed E-state index contributed by atoms with van der Waals surface area (Å²) in [5.41, 5.74) is 6.05. The van der Waals surface area contributed by atoms with Gasteiger partial charge in [0.1, 0.15) is 0 Å². The molecule has 1 fully saturated rings.